The van der Waals surface area contributed by atoms with Crippen LogP contribution in [0, 0.1) is 23.7 Å². The quantitative estimate of drug-likeness (QED) is 0.287. The average Bonchev–Trinajstić information content (AvgIpc) is 2.86. The lowest BCUT2D eigenvalue weighted by Gasteiger charge is -2.45. The van der Waals surface area contributed by atoms with Crippen LogP contribution in [0.2, 0.25) is 0 Å². The van der Waals surface area contributed by atoms with E-state index in [1.807, 2.05) is 0 Å². The van der Waals surface area contributed by atoms with E-state index in [1.54, 1.807) is 16.7 Å². The van der Waals surface area contributed by atoms with Gasteiger partial charge in [-0.3, -0.25) is 0 Å². The topological polar surface area (TPSA) is 9.23 Å². The van der Waals surface area contributed by atoms with Gasteiger partial charge in [-0.1, -0.05) is 70.6 Å². The second-order valence-corrected chi connectivity index (χ2v) is 11.9. The summed E-state index contributed by atoms with van der Waals surface area (Å²) in [4.78, 5) is 0. The number of aryl methyl sites for hydroxylation is 2. The molecule has 3 aliphatic carbocycles. The molecule has 1 heteroatoms. The maximum absolute atomic E-state index is 6.31. The van der Waals surface area contributed by atoms with Crippen molar-refractivity contribution in [1.29, 1.82) is 0 Å². The first-order valence-electron chi connectivity index (χ1n) is 15.0. The molecule has 0 amide bonds. The van der Waals surface area contributed by atoms with Gasteiger partial charge in [-0.2, -0.15) is 0 Å². The van der Waals surface area contributed by atoms with Gasteiger partial charge >= 0.3 is 0 Å². The zero-order valence-corrected chi connectivity index (χ0v) is 22.0. The second-order valence-electron chi connectivity index (χ2n) is 11.9. The number of benzene rings is 1. The molecule has 0 N–H and O–H groups in total. The number of rotatable bonds is 12. The van der Waals surface area contributed by atoms with Gasteiger partial charge in [0.25, 0.3) is 0 Å². The molecule has 1 aromatic carbocycles. The first-order chi connectivity index (χ1) is 16.3. The van der Waals surface area contributed by atoms with Crippen LogP contribution in [-0.2, 0) is 24.0 Å². The summed E-state index contributed by atoms with van der Waals surface area (Å²) in [6, 6.07) is 7.52. The highest BCUT2D eigenvalue weighted by atomic mass is 16.5. The van der Waals surface area contributed by atoms with Crippen LogP contribution in [0.5, 0.6) is 0 Å². The lowest BCUT2D eigenvalue weighted by molar-refractivity contribution is -0.0250. The number of unbranched alkanes of at least 4 members (excludes halogenated alkanes) is 6. The van der Waals surface area contributed by atoms with E-state index in [0.29, 0.717) is 6.10 Å². The molecule has 1 aromatic rings. The molecule has 3 unspecified atom stereocenters. The molecule has 2 fully saturated rings. The summed E-state index contributed by atoms with van der Waals surface area (Å²) in [7, 11) is 0. The Morgan fingerprint density at radius 2 is 1.42 bits per heavy atom. The Balaban J connectivity index is 1.21. The van der Waals surface area contributed by atoms with Crippen LogP contribution in [0.1, 0.15) is 127 Å². The third-order valence-electron chi connectivity index (χ3n) is 9.48. The van der Waals surface area contributed by atoms with Crippen molar-refractivity contribution in [3.63, 3.8) is 0 Å². The Labute approximate surface area is 205 Å². The predicted molar refractivity (Wildman–Crippen MR) is 142 cm³/mol. The highest BCUT2D eigenvalue weighted by molar-refractivity contribution is 5.34. The van der Waals surface area contributed by atoms with Gasteiger partial charge in [-0.05, 0) is 117 Å². The second kappa shape index (κ2) is 13.3. The first-order valence-corrected chi connectivity index (χ1v) is 15.0. The van der Waals surface area contributed by atoms with Crippen molar-refractivity contribution in [2.75, 3.05) is 6.61 Å². The number of hydrogen-bond acceptors (Lipinski definition) is 1. The number of ether oxygens (including phenoxy) is 1. The third kappa shape index (κ3) is 7.33. The van der Waals surface area contributed by atoms with Crippen LogP contribution in [0.25, 0.3) is 0 Å². The molecular formula is C32H52O. The average molecular weight is 453 g/mol. The minimum Gasteiger partial charge on any atom is -0.378 e. The fourth-order valence-corrected chi connectivity index (χ4v) is 7.39. The van der Waals surface area contributed by atoms with E-state index in [4.69, 9.17) is 4.74 Å². The SMILES string of the molecule is CCCCCCO[C@@H]1CC[C@@H]2CC(C3CCc4cc(CCCCCC)ccc4C3)CCC2C1. The Morgan fingerprint density at radius 1 is 0.697 bits per heavy atom. The van der Waals surface area contributed by atoms with E-state index in [2.05, 4.69) is 32.0 Å². The van der Waals surface area contributed by atoms with Gasteiger partial charge < -0.3 is 4.74 Å². The summed E-state index contributed by atoms with van der Waals surface area (Å²) in [5, 5.41) is 0. The van der Waals surface area contributed by atoms with E-state index < -0.39 is 0 Å². The van der Waals surface area contributed by atoms with Gasteiger partial charge in [0.05, 0.1) is 6.10 Å². The van der Waals surface area contributed by atoms with Crippen molar-refractivity contribution >= 4 is 0 Å². The molecule has 0 bridgehead atoms. The molecule has 0 spiro atoms. The summed E-state index contributed by atoms with van der Waals surface area (Å²) in [5.41, 5.74) is 4.96. The normalized spacial score (nSPS) is 29.5. The highest BCUT2D eigenvalue weighted by Crippen LogP contribution is 2.47. The Morgan fingerprint density at radius 3 is 2.24 bits per heavy atom. The number of hydrogen-bond donors (Lipinski definition) is 0. The largest absolute Gasteiger partial charge is 0.378 e. The van der Waals surface area contributed by atoms with E-state index >= 15 is 0 Å². The van der Waals surface area contributed by atoms with Crippen LogP contribution in [0.4, 0.5) is 0 Å². The smallest absolute Gasteiger partial charge is 0.0578 e. The molecule has 2 saturated carbocycles. The predicted octanol–water partition coefficient (Wildman–Crippen LogP) is 9.10. The summed E-state index contributed by atoms with van der Waals surface area (Å²) in [5.74, 6) is 3.89. The molecular weight excluding hydrogens is 400 g/mol. The standard InChI is InChI=1S/C32H52O/c1-3-5-7-9-11-25-12-13-27-22-28(15-14-26(27)21-25)29-16-17-31-24-32(19-18-30(31)23-29)33-20-10-8-6-4-2/h12-13,21,28-32H,3-11,14-20,22-24H2,1-2H3/t28?,29?,30-,31?,32-/m1/s1. The zero-order chi connectivity index (χ0) is 22.9. The van der Waals surface area contributed by atoms with E-state index in [1.165, 1.54) is 116 Å². The van der Waals surface area contributed by atoms with Crippen molar-refractivity contribution in [2.45, 2.75) is 136 Å². The van der Waals surface area contributed by atoms with Crippen LogP contribution < -0.4 is 0 Å². The molecule has 3 aliphatic rings. The fraction of sp³-hybridized carbons (Fsp3) is 0.812. The molecule has 0 aliphatic heterocycles. The van der Waals surface area contributed by atoms with E-state index in [-0.39, 0.29) is 0 Å². The molecule has 0 saturated heterocycles. The molecule has 5 atom stereocenters. The van der Waals surface area contributed by atoms with Crippen molar-refractivity contribution < 1.29 is 4.74 Å². The highest BCUT2D eigenvalue weighted by Gasteiger charge is 2.38. The maximum atomic E-state index is 6.31. The monoisotopic (exact) mass is 452 g/mol. The van der Waals surface area contributed by atoms with Crippen LogP contribution >= 0.6 is 0 Å². The summed E-state index contributed by atoms with van der Waals surface area (Å²) in [6.07, 6.45) is 25.4. The molecule has 4 rings (SSSR count). The molecule has 0 aromatic heterocycles. The maximum Gasteiger partial charge on any atom is 0.0578 e. The van der Waals surface area contributed by atoms with Gasteiger partial charge in [0.1, 0.15) is 0 Å². The Bertz CT molecular complexity index is 694. The zero-order valence-electron chi connectivity index (χ0n) is 22.0. The van der Waals surface area contributed by atoms with E-state index in [9.17, 15) is 0 Å². The Hall–Kier alpha value is -0.820. The van der Waals surface area contributed by atoms with Gasteiger partial charge in [0.2, 0.25) is 0 Å². The minimum atomic E-state index is 0.571. The molecule has 0 heterocycles. The lowest BCUT2D eigenvalue weighted by atomic mass is 9.62. The molecule has 186 valence electrons. The number of fused-ring (bicyclic) bond motifs is 2. The third-order valence-corrected chi connectivity index (χ3v) is 9.48. The van der Waals surface area contributed by atoms with Crippen LogP contribution in [0.15, 0.2) is 18.2 Å². The van der Waals surface area contributed by atoms with Gasteiger partial charge in [-0.15, -0.1) is 0 Å². The van der Waals surface area contributed by atoms with Crippen molar-refractivity contribution in [1.82, 2.24) is 0 Å². The van der Waals surface area contributed by atoms with Crippen molar-refractivity contribution in [2.24, 2.45) is 23.7 Å². The van der Waals surface area contributed by atoms with Crippen LogP contribution in [-0.4, -0.2) is 12.7 Å². The summed E-state index contributed by atoms with van der Waals surface area (Å²) in [6.45, 7) is 5.60. The molecule has 0 radical (unpaired) electrons. The minimum absolute atomic E-state index is 0.571. The van der Waals surface area contributed by atoms with Gasteiger partial charge in [0.15, 0.2) is 0 Å². The van der Waals surface area contributed by atoms with Gasteiger partial charge in [-0.25, -0.2) is 0 Å². The first kappa shape index (κ1) is 25.3. The van der Waals surface area contributed by atoms with Gasteiger partial charge in [0, 0.05) is 6.61 Å². The molecule has 1 nitrogen and oxygen atoms in total. The van der Waals surface area contributed by atoms with Crippen molar-refractivity contribution in [3.8, 4) is 0 Å². The summed E-state index contributed by atoms with van der Waals surface area (Å²) < 4.78 is 6.31. The lowest BCUT2D eigenvalue weighted by Crippen LogP contribution is -2.37. The van der Waals surface area contributed by atoms with Crippen molar-refractivity contribution in [3.05, 3.63) is 34.9 Å². The summed E-state index contributed by atoms with van der Waals surface area (Å²) >= 11 is 0. The Kier molecular flexibility index (Phi) is 10.2. The van der Waals surface area contributed by atoms with Crippen LogP contribution in [0.3, 0.4) is 0 Å². The van der Waals surface area contributed by atoms with E-state index in [0.717, 1.165) is 30.3 Å². The fourth-order valence-electron chi connectivity index (χ4n) is 7.39. The molecule has 33 heavy (non-hydrogen) atoms.